The fourth-order valence-electron chi connectivity index (χ4n) is 10.1. The monoisotopic (exact) mass is 978 g/mol. The summed E-state index contributed by atoms with van der Waals surface area (Å²) in [5, 5.41) is 0. The van der Waals surface area contributed by atoms with E-state index in [2.05, 4.69) is 325 Å². The molecule has 364 valence electrons. The molecule has 0 spiro atoms. The van der Waals surface area contributed by atoms with Crippen molar-refractivity contribution in [2.75, 3.05) is 19.6 Å². The molecule has 0 saturated heterocycles. The number of hydrogen-bond acceptors (Lipinski definition) is 6. The second-order valence-corrected chi connectivity index (χ2v) is 18.8. The molecule has 0 aliphatic heterocycles. The summed E-state index contributed by atoms with van der Waals surface area (Å²) in [6, 6.07) is 103. The minimum absolute atomic E-state index is 0.829. The van der Waals surface area contributed by atoms with E-state index in [1.165, 1.54) is 0 Å². The van der Waals surface area contributed by atoms with Gasteiger partial charge in [-0.1, -0.05) is 146 Å². The lowest BCUT2D eigenvalue weighted by atomic mass is 10.0. The predicted octanol–water partition coefficient (Wildman–Crippen LogP) is 19.5. The van der Waals surface area contributed by atoms with E-state index in [-0.39, 0.29) is 0 Å². The molecule has 0 saturated carbocycles. The molecule has 0 aliphatic rings. The van der Waals surface area contributed by atoms with Crippen molar-refractivity contribution in [3.05, 3.63) is 302 Å². The van der Waals surface area contributed by atoms with Crippen LogP contribution in [0.15, 0.2) is 291 Å². The van der Waals surface area contributed by atoms with Crippen molar-refractivity contribution in [3.63, 3.8) is 0 Å². The number of nitrogens with zero attached hydrogens (tertiary/aromatic N) is 6. The molecular formula is C70H54N6. The Hall–Kier alpha value is -10.0. The van der Waals surface area contributed by atoms with E-state index in [1.54, 1.807) is 0 Å². The Morgan fingerprint density at radius 2 is 0.368 bits per heavy atom. The summed E-state index contributed by atoms with van der Waals surface area (Å²) in [5.41, 5.74) is 20.4. The van der Waals surface area contributed by atoms with Crippen LogP contribution in [0.2, 0.25) is 0 Å². The lowest BCUT2D eigenvalue weighted by Gasteiger charge is -2.28. The van der Waals surface area contributed by atoms with Crippen LogP contribution in [0.5, 0.6) is 0 Å². The average molecular weight is 979 g/mol. The van der Waals surface area contributed by atoms with E-state index in [9.17, 15) is 0 Å². The molecule has 76 heavy (non-hydrogen) atoms. The van der Waals surface area contributed by atoms with Crippen molar-refractivity contribution in [3.8, 4) is 22.5 Å². The normalized spacial score (nSPS) is 11.0. The quantitative estimate of drug-likeness (QED) is 0.108. The van der Waals surface area contributed by atoms with Gasteiger partial charge in [0.15, 0.2) is 0 Å². The van der Waals surface area contributed by atoms with Gasteiger partial charge in [0, 0.05) is 79.4 Å². The SMILES string of the molecule is Cc1ccc(C)c2nc(-c3ccc(N(c4ccccc4)c4ccc(N(c5ccccc5)c5ccccc5)cc4)cc3)c(-c3ccc(N(c4ccccc4)c4ccc(N(c5ccccc5)c5ccccc5)cc4)cc3)nc12. The third-order valence-electron chi connectivity index (χ3n) is 13.8. The van der Waals surface area contributed by atoms with Crippen molar-refractivity contribution in [1.29, 1.82) is 0 Å². The number of hydrogen-bond donors (Lipinski definition) is 0. The van der Waals surface area contributed by atoms with Gasteiger partial charge in [-0.3, -0.25) is 0 Å². The summed E-state index contributed by atoms with van der Waals surface area (Å²) in [6.45, 7) is 4.23. The number of rotatable bonds is 14. The Labute approximate surface area is 445 Å². The molecule has 12 rings (SSSR count). The number of fused-ring (bicyclic) bond motifs is 1. The van der Waals surface area contributed by atoms with Crippen LogP contribution in [-0.2, 0) is 0 Å². The zero-order valence-corrected chi connectivity index (χ0v) is 42.4. The first-order valence-corrected chi connectivity index (χ1v) is 25.7. The highest BCUT2D eigenvalue weighted by Gasteiger charge is 2.21. The summed E-state index contributed by atoms with van der Waals surface area (Å²) < 4.78 is 0. The van der Waals surface area contributed by atoms with E-state index in [0.717, 1.165) is 113 Å². The van der Waals surface area contributed by atoms with Crippen molar-refractivity contribution >= 4 is 79.3 Å². The van der Waals surface area contributed by atoms with Gasteiger partial charge in [0.1, 0.15) is 0 Å². The van der Waals surface area contributed by atoms with Crippen molar-refractivity contribution in [1.82, 2.24) is 9.97 Å². The van der Waals surface area contributed by atoms with Crippen molar-refractivity contribution < 1.29 is 0 Å². The van der Waals surface area contributed by atoms with E-state index in [1.807, 2.05) is 0 Å². The molecule has 0 N–H and O–H groups in total. The zero-order chi connectivity index (χ0) is 51.2. The summed E-state index contributed by atoms with van der Waals surface area (Å²) in [7, 11) is 0. The number of benzene rings is 11. The summed E-state index contributed by atoms with van der Waals surface area (Å²) in [4.78, 5) is 20.1. The Balaban J connectivity index is 0.900. The maximum Gasteiger partial charge on any atom is 0.0973 e. The smallest absolute Gasteiger partial charge is 0.0973 e. The van der Waals surface area contributed by atoms with Gasteiger partial charge in [-0.2, -0.15) is 0 Å². The first-order chi connectivity index (χ1) is 37.5. The van der Waals surface area contributed by atoms with Gasteiger partial charge in [-0.05, 0) is 171 Å². The van der Waals surface area contributed by atoms with Crippen LogP contribution >= 0.6 is 0 Å². The number of aromatic nitrogens is 2. The lowest BCUT2D eigenvalue weighted by molar-refractivity contribution is 1.24. The largest absolute Gasteiger partial charge is 0.311 e. The summed E-state index contributed by atoms with van der Waals surface area (Å²) in [5.74, 6) is 0. The Morgan fingerprint density at radius 3 is 0.566 bits per heavy atom. The minimum Gasteiger partial charge on any atom is -0.311 e. The van der Waals surface area contributed by atoms with Crippen LogP contribution in [0.1, 0.15) is 11.1 Å². The van der Waals surface area contributed by atoms with Crippen molar-refractivity contribution in [2.24, 2.45) is 0 Å². The summed E-state index contributed by atoms with van der Waals surface area (Å²) >= 11 is 0. The number of para-hydroxylation sites is 6. The molecule has 11 aromatic carbocycles. The second-order valence-electron chi connectivity index (χ2n) is 18.8. The van der Waals surface area contributed by atoms with Crippen LogP contribution < -0.4 is 19.6 Å². The molecule has 0 unspecified atom stereocenters. The third-order valence-corrected chi connectivity index (χ3v) is 13.8. The van der Waals surface area contributed by atoms with Gasteiger partial charge < -0.3 is 19.6 Å². The minimum atomic E-state index is 0.829. The first kappa shape index (κ1) is 47.0. The maximum atomic E-state index is 5.47. The van der Waals surface area contributed by atoms with Crippen molar-refractivity contribution in [2.45, 2.75) is 13.8 Å². The average Bonchev–Trinajstić information content (AvgIpc) is 3.50. The first-order valence-electron chi connectivity index (χ1n) is 25.7. The molecule has 1 aromatic heterocycles. The number of aryl methyl sites for hydroxylation is 2. The molecule has 0 aliphatic carbocycles. The van der Waals surface area contributed by atoms with E-state index < -0.39 is 0 Å². The third kappa shape index (κ3) is 9.55. The highest BCUT2D eigenvalue weighted by atomic mass is 15.2. The molecule has 6 nitrogen and oxygen atoms in total. The molecule has 0 amide bonds. The molecule has 0 radical (unpaired) electrons. The van der Waals surface area contributed by atoms with E-state index >= 15 is 0 Å². The van der Waals surface area contributed by atoms with Gasteiger partial charge in [-0.25, -0.2) is 9.97 Å². The number of anilines is 12. The molecule has 0 fully saturated rings. The van der Waals surface area contributed by atoms with Gasteiger partial charge in [-0.15, -0.1) is 0 Å². The highest BCUT2D eigenvalue weighted by molar-refractivity contribution is 5.91. The predicted molar refractivity (Wildman–Crippen MR) is 319 cm³/mol. The van der Waals surface area contributed by atoms with Gasteiger partial charge in [0.2, 0.25) is 0 Å². The van der Waals surface area contributed by atoms with Crippen LogP contribution in [0.3, 0.4) is 0 Å². The fraction of sp³-hybridized carbons (Fsp3) is 0.0286. The standard InChI is InChI=1S/C70H54N6/c1-51-33-34-52(2)68-67(51)71-69(53-35-39-61(40-36-53)75(59-29-17-7-18-30-59)65-47-43-63(44-48-65)73(55-21-9-3-10-22-55)56-23-11-4-12-24-56)70(72-68)54-37-41-62(42-38-54)76(60-31-19-8-20-32-60)66-49-45-64(46-50-66)74(57-25-13-5-14-26-57)58-27-15-6-16-28-58/h3-50H,1-2H3. The maximum absolute atomic E-state index is 5.47. The van der Waals surface area contributed by atoms with Gasteiger partial charge in [0.05, 0.1) is 22.4 Å². The Kier molecular flexibility index (Phi) is 13.1. The Bertz CT molecular complexity index is 3510. The molecule has 12 aromatic rings. The molecular weight excluding hydrogens is 925 g/mol. The van der Waals surface area contributed by atoms with Crippen LogP contribution in [0.25, 0.3) is 33.5 Å². The Morgan fingerprint density at radius 1 is 0.197 bits per heavy atom. The summed E-state index contributed by atoms with van der Waals surface area (Å²) in [6.07, 6.45) is 0. The van der Waals surface area contributed by atoms with E-state index in [4.69, 9.17) is 9.97 Å². The molecule has 1 heterocycles. The zero-order valence-electron chi connectivity index (χ0n) is 42.4. The van der Waals surface area contributed by atoms with Crippen LogP contribution in [0, 0.1) is 13.8 Å². The molecule has 6 heteroatoms. The highest BCUT2D eigenvalue weighted by Crippen LogP contribution is 2.43. The van der Waals surface area contributed by atoms with E-state index in [0.29, 0.717) is 0 Å². The van der Waals surface area contributed by atoms with Crippen LogP contribution in [-0.4, -0.2) is 9.97 Å². The van der Waals surface area contributed by atoms with Crippen LogP contribution in [0.4, 0.5) is 68.2 Å². The second kappa shape index (κ2) is 21.2. The van der Waals surface area contributed by atoms with Gasteiger partial charge in [0.25, 0.3) is 0 Å². The topological polar surface area (TPSA) is 38.7 Å². The molecule has 0 atom stereocenters. The molecule has 0 bridgehead atoms. The fourth-order valence-corrected chi connectivity index (χ4v) is 10.1. The lowest BCUT2D eigenvalue weighted by Crippen LogP contribution is -2.12. The van der Waals surface area contributed by atoms with Gasteiger partial charge >= 0.3 is 0 Å².